The highest BCUT2D eigenvalue weighted by atomic mass is 16.5. The van der Waals surface area contributed by atoms with Crippen LogP contribution in [0.25, 0.3) is 0 Å². The lowest BCUT2D eigenvalue weighted by atomic mass is 9.89. The summed E-state index contributed by atoms with van der Waals surface area (Å²) in [4.78, 5) is 18.5. The Morgan fingerprint density at radius 2 is 1.39 bits per heavy atom. The molecule has 3 atom stereocenters. The summed E-state index contributed by atoms with van der Waals surface area (Å²) >= 11 is 0. The van der Waals surface area contributed by atoms with Gasteiger partial charge in [-0.2, -0.15) is 0 Å². The number of methoxy groups -OCH3 is 4. The lowest BCUT2D eigenvalue weighted by molar-refractivity contribution is 0.0455. The molecule has 2 aromatic rings. The topological polar surface area (TPSA) is 60.5 Å². The van der Waals surface area contributed by atoms with Crippen LogP contribution in [0.3, 0.4) is 0 Å². The number of hydrogen-bond acceptors (Lipinski definition) is 6. The molecule has 2 aliphatic heterocycles. The van der Waals surface area contributed by atoms with Crippen LogP contribution in [0.4, 0.5) is 0 Å². The monoisotopic (exact) mass is 522 g/mol. The fraction of sp³-hybridized carbons (Fsp3) is 0.581. The summed E-state index contributed by atoms with van der Waals surface area (Å²) in [5, 5.41) is 0. The number of piperidine rings is 1. The Balaban J connectivity index is 1.28. The molecule has 2 fully saturated rings. The molecule has 0 N–H and O–H groups in total. The molecule has 5 rings (SSSR count). The predicted molar refractivity (Wildman–Crippen MR) is 148 cm³/mol. The number of carbonyl (C=O) groups is 1. The second kappa shape index (κ2) is 11.4. The van der Waals surface area contributed by atoms with Gasteiger partial charge in [0.15, 0.2) is 11.5 Å². The molecule has 0 unspecified atom stereocenters. The zero-order valence-electron chi connectivity index (χ0n) is 23.5. The van der Waals surface area contributed by atoms with Gasteiger partial charge in [-0.15, -0.1) is 0 Å². The van der Waals surface area contributed by atoms with E-state index in [4.69, 9.17) is 18.9 Å². The average molecular weight is 523 g/mol. The maximum atomic E-state index is 13.6. The average Bonchev–Trinajstić information content (AvgIpc) is 3.50. The summed E-state index contributed by atoms with van der Waals surface area (Å²) in [6, 6.07) is 10.6. The molecule has 0 aromatic heterocycles. The van der Waals surface area contributed by atoms with Crippen LogP contribution in [0, 0.1) is 5.92 Å². The Bertz CT molecular complexity index is 1100. The third-order valence-corrected chi connectivity index (χ3v) is 8.88. The number of benzene rings is 2. The van der Waals surface area contributed by atoms with E-state index in [1.54, 1.807) is 28.4 Å². The SMILES string of the molecule is CCCN(C[C@@H]1C[C@H]2CC[C@@H](C1)N2C(=O)c1ccc(OC)c(OC)c1)C1Cc2c(OC)ccc(OC)c2C1. The molecular weight excluding hydrogens is 480 g/mol. The van der Waals surface area contributed by atoms with Gasteiger partial charge in [0, 0.05) is 41.4 Å². The quantitative estimate of drug-likeness (QED) is 0.439. The van der Waals surface area contributed by atoms with E-state index in [9.17, 15) is 4.79 Å². The lowest BCUT2D eigenvalue weighted by Gasteiger charge is -2.41. The molecule has 2 aromatic carbocycles. The second-order valence-corrected chi connectivity index (χ2v) is 11.0. The Kier molecular flexibility index (Phi) is 8.03. The fourth-order valence-corrected chi connectivity index (χ4v) is 7.21. The van der Waals surface area contributed by atoms with E-state index in [0.717, 1.165) is 69.5 Å². The summed E-state index contributed by atoms with van der Waals surface area (Å²) in [6.07, 6.45) is 7.46. The van der Waals surface area contributed by atoms with Gasteiger partial charge in [0.05, 0.1) is 28.4 Å². The first kappa shape index (κ1) is 26.7. The molecule has 3 aliphatic rings. The third kappa shape index (κ3) is 4.93. The van der Waals surface area contributed by atoms with Gasteiger partial charge in [0.2, 0.25) is 0 Å². The van der Waals surface area contributed by atoms with Crippen molar-refractivity contribution in [3.05, 3.63) is 47.0 Å². The summed E-state index contributed by atoms with van der Waals surface area (Å²) < 4.78 is 22.2. The number of hydrogen-bond donors (Lipinski definition) is 0. The first-order chi connectivity index (χ1) is 18.5. The van der Waals surface area contributed by atoms with Crippen molar-refractivity contribution in [2.24, 2.45) is 5.92 Å². The van der Waals surface area contributed by atoms with Crippen molar-refractivity contribution in [3.8, 4) is 23.0 Å². The smallest absolute Gasteiger partial charge is 0.254 e. The van der Waals surface area contributed by atoms with Gasteiger partial charge < -0.3 is 23.8 Å². The largest absolute Gasteiger partial charge is 0.496 e. The molecule has 0 radical (unpaired) electrons. The number of amides is 1. The lowest BCUT2D eigenvalue weighted by Crippen LogP contribution is -2.49. The molecule has 206 valence electrons. The van der Waals surface area contributed by atoms with Crippen molar-refractivity contribution in [2.75, 3.05) is 41.5 Å². The van der Waals surface area contributed by atoms with Crippen LogP contribution < -0.4 is 18.9 Å². The summed E-state index contributed by atoms with van der Waals surface area (Å²) in [5.41, 5.74) is 3.28. The zero-order chi connectivity index (χ0) is 26.8. The predicted octanol–water partition coefficient (Wildman–Crippen LogP) is 4.98. The van der Waals surface area contributed by atoms with Gasteiger partial charge >= 0.3 is 0 Å². The van der Waals surface area contributed by atoms with Crippen LogP contribution in [-0.2, 0) is 12.8 Å². The van der Waals surface area contributed by atoms with E-state index in [-0.39, 0.29) is 5.91 Å². The van der Waals surface area contributed by atoms with Crippen LogP contribution in [0.2, 0.25) is 0 Å². The molecule has 1 aliphatic carbocycles. The summed E-state index contributed by atoms with van der Waals surface area (Å²) in [6.45, 7) is 4.44. The van der Waals surface area contributed by atoms with E-state index in [2.05, 4.69) is 16.7 Å². The van der Waals surface area contributed by atoms with E-state index in [1.165, 1.54) is 11.1 Å². The molecule has 0 spiro atoms. The maximum Gasteiger partial charge on any atom is 0.254 e. The summed E-state index contributed by atoms with van der Waals surface area (Å²) in [5.74, 6) is 3.90. The standard InChI is InChI=1S/C31H42N2O5/c1-6-13-32(24-17-25-26(18-24)28(36-3)12-11-27(25)35-2)19-20-14-22-8-9-23(15-20)33(22)31(34)21-7-10-29(37-4)30(16-21)38-5/h7,10-12,16,20,22-24H,6,8-9,13-15,17-19H2,1-5H3/t20-,22-,23+. The second-order valence-electron chi connectivity index (χ2n) is 11.0. The van der Waals surface area contributed by atoms with Crippen molar-refractivity contribution in [1.29, 1.82) is 0 Å². The van der Waals surface area contributed by atoms with Gasteiger partial charge in [-0.25, -0.2) is 0 Å². The number of ether oxygens (including phenoxy) is 4. The highest BCUT2D eigenvalue weighted by molar-refractivity contribution is 5.95. The molecule has 7 nitrogen and oxygen atoms in total. The van der Waals surface area contributed by atoms with Crippen LogP contribution in [-0.4, -0.2) is 75.4 Å². The van der Waals surface area contributed by atoms with Crippen molar-refractivity contribution >= 4 is 5.91 Å². The van der Waals surface area contributed by atoms with Gasteiger partial charge in [0.1, 0.15) is 11.5 Å². The Morgan fingerprint density at radius 3 is 1.92 bits per heavy atom. The maximum absolute atomic E-state index is 13.6. The zero-order valence-corrected chi connectivity index (χ0v) is 23.5. The van der Waals surface area contributed by atoms with Crippen LogP contribution in [0.15, 0.2) is 30.3 Å². The van der Waals surface area contributed by atoms with Gasteiger partial charge in [-0.1, -0.05) is 6.92 Å². The molecule has 0 saturated carbocycles. The number of nitrogens with zero attached hydrogens (tertiary/aromatic N) is 2. The third-order valence-electron chi connectivity index (χ3n) is 8.88. The van der Waals surface area contributed by atoms with Crippen LogP contribution >= 0.6 is 0 Å². The fourth-order valence-electron chi connectivity index (χ4n) is 7.21. The van der Waals surface area contributed by atoms with E-state index < -0.39 is 0 Å². The van der Waals surface area contributed by atoms with Crippen molar-refractivity contribution in [1.82, 2.24) is 9.80 Å². The molecule has 7 heteroatoms. The minimum absolute atomic E-state index is 0.118. The Labute approximate surface area is 227 Å². The van der Waals surface area contributed by atoms with E-state index in [1.807, 2.05) is 30.3 Å². The van der Waals surface area contributed by atoms with Gasteiger partial charge in [-0.3, -0.25) is 9.69 Å². The van der Waals surface area contributed by atoms with Crippen molar-refractivity contribution < 1.29 is 23.7 Å². The minimum atomic E-state index is 0.118. The van der Waals surface area contributed by atoms with Crippen molar-refractivity contribution in [3.63, 3.8) is 0 Å². The first-order valence-corrected chi connectivity index (χ1v) is 14.0. The molecule has 38 heavy (non-hydrogen) atoms. The number of carbonyl (C=O) groups excluding carboxylic acids is 1. The summed E-state index contributed by atoms with van der Waals surface area (Å²) in [7, 11) is 6.74. The van der Waals surface area contributed by atoms with Crippen LogP contribution in [0.1, 0.15) is 60.5 Å². The van der Waals surface area contributed by atoms with Gasteiger partial charge in [0.25, 0.3) is 5.91 Å². The van der Waals surface area contributed by atoms with E-state index in [0.29, 0.717) is 41.1 Å². The Hall–Kier alpha value is -2.93. The Morgan fingerprint density at radius 1 is 0.842 bits per heavy atom. The highest BCUT2D eigenvalue weighted by Gasteiger charge is 2.44. The number of fused-ring (bicyclic) bond motifs is 3. The van der Waals surface area contributed by atoms with Gasteiger partial charge in [-0.05, 0) is 87.7 Å². The molecule has 2 bridgehead atoms. The molecule has 1 amide bonds. The molecule has 2 heterocycles. The van der Waals surface area contributed by atoms with Crippen LogP contribution in [0.5, 0.6) is 23.0 Å². The first-order valence-electron chi connectivity index (χ1n) is 14.0. The normalized spacial score (nSPS) is 22.5. The minimum Gasteiger partial charge on any atom is -0.496 e. The highest BCUT2D eigenvalue weighted by Crippen LogP contribution is 2.42. The molecule has 2 saturated heterocycles. The van der Waals surface area contributed by atoms with E-state index >= 15 is 0 Å². The van der Waals surface area contributed by atoms with Crippen molar-refractivity contribution in [2.45, 2.75) is 70.0 Å². The molecular formula is C31H42N2O5. The number of rotatable bonds is 10.